The minimum absolute atomic E-state index is 0.0133. The number of carbonyl (C=O) groups is 2. The maximum atomic E-state index is 11.7. The number of aromatic carboxylic acids is 1. The lowest BCUT2D eigenvalue weighted by molar-refractivity contribution is 0.0696. The Bertz CT molecular complexity index is 365. The normalized spacial score (nSPS) is 12.1. The summed E-state index contributed by atoms with van der Waals surface area (Å²) in [7, 11) is 0. The summed E-state index contributed by atoms with van der Waals surface area (Å²) in [6.45, 7) is 3.82. The van der Waals surface area contributed by atoms with E-state index < -0.39 is 5.97 Å². The van der Waals surface area contributed by atoms with E-state index in [1.54, 1.807) is 12.1 Å². The van der Waals surface area contributed by atoms with Gasteiger partial charge in [-0.1, -0.05) is 26.0 Å². The number of hydrogen-bond acceptors (Lipinski definition) is 2. The molecule has 3 heteroatoms. The number of rotatable bonds is 4. The Kier molecular flexibility index (Phi) is 3.61. The molecule has 0 saturated heterocycles. The molecule has 1 aromatic rings. The number of hydrogen-bond donors (Lipinski definition) is 1. The quantitative estimate of drug-likeness (QED) is 0.770. The first-order valence-corrected chi connectivity index (χ1v) is 4.93. The van der Waals surface area contributed by atoms with Crippen LogP contribution in [0.1, 0.15) is 41.0 Å². The van der Waals surface area contributed by atoms with Gasteiger partial charge in [-0.2, -0.15) is 0 Å². The lowest BCUT2D eigenvalue weighted by atomic mass is 9.96. The van der Waals surface area contributed by atoms with Crippen LogP contribution < -0.4 is 0 Å². The molecule has 80 valence electrons. The number of carbonyl (C=O) groups excluding carboxylic acids is 1. The molecule has 1 aromatic carbocycles. The second kappa shape index (κ2) is 4.73. The molecule has 1 rings (SSSR count). The van der Waals surface area contributed by atoms with Gasteiger partial charge in [0.25, 0.3) is 0 Å². The average molecular weight is 206 g/mol. The molecule has 0 aliphatic heterocycles. The largest absolute Gasteiger partial charge is 0.478 e. The molecule has 1 N–H and O–H groups in total. The Morgan fingerprint density at radius 2 is 1.67 bits per heavy atom. The van der Waals surface area contributed by atoms with Crippen LogP contribution >= 0.6 is 0 Å². The van der Waals surface area contributed by atoms with Gasteiger partial charge in [-0.15, -0.1) is 0 Å². The van der Waals surface area contributed by atoms with Gasteiger partial charge < -0.3 is 5.11 Å². The molecular weight excluding hydrogens is 192 g/mol. The van der Waals surface area contributed by atoms with E-state index in [4.69, 9.17) is 5.11 Å². The van der Waals surface area contributed by atoms with Gasteiger partial charge in [0.2, 0.25) is 0 Å². The van der Waals surface area contributed by atoms with Gasteiger partial charge in [-0.25, -0.2) is 4.79 Å². The third-order valence-corrected chi connectivity index (χ3v) is 2.48. The summed E-state index contributed by atoms with van der Waals surface area (Å²) < 4.78 is 0. The first-order valence-electron chi connectivity index (χ1n) is 4.93. The molecule has 0 saturated carbocycles. The van der Waals surface area contributed by atoms with Crippen LogP contribution in [0.5, 0.6) is 0 Å². The molecule has 15 heavy (non-hydrogen) atoms. The standard InChI is InChI=1S/C12H14O3/c1-3-8(2)11(13)9-4-6-10(7-5-9)12(14)15/h4-8H,3H2,1-2H3,(H,14,15)/t8-/m0/s1. The van der Waals surface area contributed by atoms with Crippen molar-refractivity contribution in [3.8, 4) is 0 Å². The van der Waals surface area contributed by atoms with Crippen molar-refractivity contribution in [2.75, 3.05) is 0 Å². The highest BCUT2D eigenvalue weighted by atomic mass is 16.4. The van der Waals surface area contributed by atoms with E-state index in [0.717, 1.165) is 6.42 Å². The Labute approximate surface area is 88.7 Å². The van der Waals surface area contributed by atoms with Crippen LogP contribution in [-0.2, 0) is 0 Å². The molecule has 0 aliphatic rings. The lowest BCUT2D eigenvalue weighted by Gasteiger charge is -2.07. The lowest BCUT2D eigenvalue weighted by Crippen LogP contribution is -2.10. The Hall–Kier alpha value is -1.64. The zero-order valence-corrected chi connectivity index (χ0v) is 8.86. The fraction of sp³-hybridized carbons (Fsp3) is 0.333. The molecule has 0 amide bonds. The number of benzene rings is 1. The van der Waals surface area contributed by atoms with Crippen molar-refractivity contribution in [2.45, 2.75) is 20.3 Å². The highest BCUT2D eigenvalue weighted by Crippen LogP contribution is 2.12. The van der Waals surface area contributed by atoms with E-state index >= 15 is 0 Å². The second-order valence-electron chi connectivity index (χ2n) is 3.56. The Morgan fingerprint density at radius 1 is 1.20 bits per heavy atom. The zero-order chi connectivity index (χ0) is 11.4. The topological polar surface area (TPSA) is 54.4 Å². The smallest absolute Gasteiger partial charge is 0.335 e. The summed E-state index contributed by atoms with van der Waals surface area (Å²) in [5.41, 5.74) is 0.782. The van der Waals surface area contributed by atoms with E-state index in [-0.39, 0.29) is 17.3 Å². The van der Waals surface area contributed by atoms with Crippen molar-refractivity contribution in [3.63, 3.8) is 0 Å². The first-order chi connectivity index (χ1) is 7.06. The van der Waals surface area contributed by atoms with Crippen molar-refractivity contribution in [1.29, 1.82) is 0 Å². The second-order valence-corrected chi connectivity index (χ2v) is 3.56. The predicted molar refractivity (Wildman–Crippen MR) is 57.2 cm³/mol. The van der Waals surface area contributed by atoms with E-state index in [1.165, 1.54) is 12.1 Å². The summed E-state index contributed by atoms with van der Waals surface area (Å²) >= 11 is 0. The van der Waals surface area contributed by atoms with Gasteiger partial charge in [0.05, 0.1) is 5.56 Å². The van der Waals surface area contributed by atoms with Gasteiger partial charge in [0.15, 0.2) is 5.78 Å². The first kappa shape index (κ1) is 11.4. The molecule has 0 aliphatic carbocycles. The number of carboxylic acids is 1. The average Bonchev–Trinajstić information content (AvgIpc) is 2.27. The summed E-state index contributed by atoms with van der Waals surface area (Å²) in [5, 5.41) is 8.68. The van der Waals surface area contributed by atoms with Crippen molar-refractivity contribution in [2.24, 2.45) is 5.92 Å². The van der Waals surface area contributed by atoms with Gasteiger partial charge in [0, 0.05) is 11.5 Å². The van der Waals surface area contributed by atoms with Crippen LogP contribution in [-0.4, -0.2) is 16.9 Å². The van der Waals surface area contributed by atoms with Gasteiger partial charge in [-0.05, 0) is 18.6 Å². The SMILES string of the molecule is CC[C@H](C)C(=O)c1ccc(C(=O)O)cc1. The van der Waals surface area contributed by atoms with Crippen LogP contribution in [0.3, 0.4) is 0 Å². The molecule has 0 fully saturated rings. The summed E-state index contributed by atoms with van der Waals surface area (Å²) in [5.74, 6) is -0.923. The molecule has 0 spiro atoms. The van der Waals surface area contributed by atoms with E-state index in [9.17, 15) is 9.59 Å². The molecule has 0 unspecified atom stereocenters. The van der Waals surface area contributed by atoms with Gasteiger partial charge in [-0.3, -0.25) is 4.79 Å². The van der Waals surface area contributed by atoms with Crippen LogP contribution in [0.2, 0.25) is 0 Å². The predicted octanol–water partition coefficient (Wildman–Crippen LogP) is 2.61. The van der Waals surface area contributed by atoms with E-state index in [1.807, 2.05) is 13.8 Å². The highest BCUT2D eigenvalue weighted by Gasteiger charge is 2.13. The third kappa shape index (κ3) is 2.65. The summed E-state index contributed by atoms with van der Waals surface area (Å²) in [6.07, 6.45) is 0.791. The molecule has 3 nitrogen and oxygen atoms in total. The summed E-state index contributed by atoms with van der Waals surface area (Å²) in [6, 6.07) is 6.05. The van der Waals surface area contributed by atoms with Crippen LogP contribution in [0.15, 0.2) is 24.3 Å². The molecule has 0 radical (unpaired) electrons. The van der Waals surface area contributed by atoms with Crippen molar-refractivity contribution >= 4 is 11.8 Å². The Balaban J connectivity index is 2.89. The van der Waals surface area contributed by atoms with Crippen LogP contribution in [0, 0.1) is 5.92 Å². The number of Topliss-reactive ketones (excluding diaryl/α,β-unsaturated/α-hetero) is 1. The fourth-order valence-corrected chi connectivity index (χ4v) is 1.25. The third-order valence-electron chi connectivity index (χ3n) is 2.48. The number of ketones is 1. The maximum absolute atomic E-state index is 11.7. The van der Waals surface area contributed by atoms with E-state index in [2.05, 4.69) is 0 Å². The maximum Gasteiger partial charge on any atom is 0.335 e. The fourth-order valence-electron chi connectivity index (χ4n) is 1.25. The molecule has 0 heterocycles. The summed E-state index contributed by atoms with van der Waals surface area (Å²) in [4.78, 5) is 22.3. The molecule has 0 bridgehead atoms. The van der Waals surface area contributed by atoms with Crippen molar-refractivity contribution in [3.05, 3.63) is 35.4 Å². The minimum atomic E-state index is -0.975. The molecule has 1 atom stereocenters. The molecular formula is C12H14O3. The van der Waals surface area contributed by atoms with Crippen LogP contribution in [0.25, 0.3) is 0 Å². The zero-order valence-electron chi connectivity index (χ0n) is 8.86. The van der Waals surface area contributed by atoms with Crippen molar-refractivity contribution < 1.29 is 14.7 Å². The van der Waals surface area contributed by atoms with Gasteiger partial charge in [0.1, 0.15) is 0 Å². The Morgan fingerprint density at radius 3 is 2.07 bits per heavy atom. The monoisotopic (exact) mass is 206 g/mol. The minimum Gasteiger partial charge on any atom is -0.478 e. The highest BCUT2D eigenvalue weighted by molar-refractivity contribution is 5.98. The molecule has 0 aromatic heterocycles. The van der Waals surface area contributed by atoms with E-state index in [0.29, 0.717) is 5.56 Å². The number of carboxylic acid groups (broad SMARTS) is 1. The van der Waals surface area contributed by atoms with Crippen molar-refractivity contribution in [1.82, 2.24) is 0 Å². The van der Waals surface area contributed by atoms with Gasteiger partial charge >= 0.3 is 5.97 Å². The van der Waals surface area contributed by atoms with Crippen LogP contribution in [0.4, 0.5) is 0 Å².